The number of methoxy groups -OCH3 is 1. The van der Waals surface area contributed by atoms with Crippen LogP contribution in [0.5, 0.6) is 0 Å². The average molecular weight is 186 g/mol. The Balaban J connectivity index is 3.17. The van der Waals surface area contributed by atoms with Crippen molar-refractivity contribution >= 4 is 6.29 Å². The number of carbonyl (C=O) groups is 1. The molecule has 0 aliphatic rings. The van der Waals surface area contributed by atoms with Gasteiger partial charge in [-0.15, -0.1) is 0 Å². The summed E-state index contributed by atoms with van der Waals surface area (Å²) in [6.45, 7) is 0. The molecule has 0 unspecified atom stereocenters. The summed E-state index contributed by atoms with van der Waals surface area (Å²) >= 11 is 0. The minimum atomic E-state index is -1.18. The molecule has 0 heterocycles. The fourth-order valence-corrected chi connectivity index (χ4v) is 1.02. The lowest BCUT2D eigenvalue weighted by Crippen LogP contribution is -2.07. The van der Waals surface area contributed by atoms with Gasteiger partial charge in [-0.05, 0) is 12.1 Å². The monoisotopic (exact) mass is 186 g/mol. The van der Waals surface area contributed by atoms with E-state index in [0.717, 1.165) is 12.1 Å². The Morgan fingerprint density at radius 1 is 1.38 bits per heavy atom. The van der Waals surface area contributed by atoms with Crippen LogP contribution >= 0.6 is 0 Å². The van der Waals surface area contributed by atoms with E-state index >= 15 is 0 Å². The third kappa shape index (κ3) is 1.89. The van der Waals surface area contributed by atoms with Crippen molar-refractivity contribution in [3.05, 3.63) is 35.4 Å². The molecule has 0 aliphatic carbocycles. The molecule has 2 nitrogen and oxygen atoms in total. The highest BCUT2D eigenvalue weighted by molar-refractivity contribution is 5.60. The van der Waals surface area contributed by atoms with Crippen molar-refractivity contribution in [2.45, 2.75) is 6.10 Å². The van der Waals surface area contributed by atoms with Crippen LogP contribution < -0.4 is 0 Å². The maximum atomic E-state index is 13.0. The quantitative estimate of drug-likeness (QED) is 0.673. The Morgan fingerprint density at radius 3 is 2.31 bits per heavy atom. The summed E-state index contributed by atoms with van der Waals surface area (Å²) in [6.07, 6.45) is -0.831. The molecule has 13 heavy (non-hydrogen) atoms. The van der Waals surface area contributed by atoms with E-state index < -0.39 is 17.7 Å². The summed E-state index contributed by atoms with van der Waals surface area (Å²) in [6, 6.07) is 3.38. The summed E-state index contributed by atoms with van der Waals surface area (Å²) in [5.41, 5.74) is -0.347. The second-order valence-electron chi connectivity index (χ2n) is 2.43. The van der Waals surface area contributed by atoms with Gasteiger partial charge in [0.15, 0.2) is 6.29 Å². The third-order valence-electron chi connectivity index (χ3n) is 1.66. The van der Waals surface area contributed by atoms with E-state index in [2.05, 4.69) is 4.74 Å². The molecule has 70 valence electrons. The van der Waals surface area contributed by atoms with Crippen LogP contribution in [-0.4, -0.2) is 13.4 Å². The zero-order chi connectivity index (χ0) is 9.84. The van der Waals surface area contributed by atoms with Crippen molar-refractivity contribution < 1.29 is 18.3 Å². The average Bonchev–Trinajstić information content (AvgIpc) is 2.11. The van der Waals surface area contributed by atoms with E-state index in [1.807, 2.05) is 0 Å². The molecule has 1 aromatic carbocycles. The smallest absolute Gasteiger partial charge is 0.153 e. The number of carbonyl (C=O) groups excluding carboxylic acids is 1. The van der Waals surface area contributed by atoms with Crippen LogP contribution in [0.1, 0.15) is 11.7 Å². The zero-order valence-corrected chi connectivity index (χ0v) is 6.96. The standard InChI is InChI=1S/C9H8F2O2/c1-13-8(5-12)9-6(10)3-2-4-7(9)11/h2-5,8H,1H3/t8-/m0/s1. The summed E-state index contributed by atoms with van der Waals surface area (Å²) in [7, 11) is 1.21. The Bertz CT molecular complexity index is 292. The van der Waals surface area contributed by atoms with E-state index in [9.17, 15) is 13.6 Å². The summed E-state index contributed by atoms with van der Waals surface area (Å²) in [5, 5.41) is 0. The molecule has 0 aromatic heterocycles. The number of halogens is 2. The lowest BCUT2D eigenvalue weighted by molar-refractivity contribution is -0.117. The van der Waals surface area contributed by atoms with Gasteiger partial charge in [0.25, 0.3) is 0 Å². The van der Waals surface area contributed by atoms with Crippen molar-refractivity contribution in [2.75, 3.05) is 7.11 Å². The van der Waals surface area contributed by atoms with Crippen LogP contribution in [0.3, 0.4) is 0 Å². The van der Waals surface area contributed by atoms with Crippen LogP contribution in [0.25, 0.3) is 0 Å². The molecule has 1 rings (SSSR count). The van der Waals surface area contributed by atoms with Crippen molar-refractivity contribution in [2.24, 2.45) is 0 Å². The normalized spacial score (nSPS) is 12.5. The van der Waals surface area contributed by atoms with Gasteiger partial charge in [-0.25, -0.2) is 8.78 Å². The fraction of sp³-hybridized carbons (Fsp3) is 0.222. The van der Waals surface area contributed by atoms with Gasteiger partial charge in [0, 0.05) is 7.11 Å². The minimum absolute atomic E-state index is 0.347. The van der Waals surface area contributed by atoms with Crippen LogP contribution in [0.2, 0.25) is 0 Å². The van der Waals surface area contributed by atoms with E-state index in [4.69, 9.17) is 0 Å². The molecular weight excluding hydrogens is 178 g/mol. The molecule has 0 radical (unpaired) electrons. The zero-order valence-electron chi connectivity index (χ0n) is 6.96. The Morgan fingerprint density at radius 2 is 1.92 bits per heavy atom. The molecule has 0 bridgehead atoms. The number of hydrogen-bond donors (Lipinski definition) is 0. The largest absolute Gasteiger partial charge is 0.369 e. The number of rotatable bonds is 3. The molecule has 1 aromatic rings. The lowest BCUT2D eigenvalue weighted by Gasteiger charge is -2.09. The van der Waals surface area contributed by atoms with Gasteiger partial charge < -0.3 is 9.53 Å². The highest BCUT2D eigenvalue weighted by Crippen LogP contribution is 2.21. The van der Waals surface area contributed by atoms with Crippen molar-refractivity contribution in [1.29, 1.82) is 0 Å². The number of benzene rings is 1. The molecule has 0 amide bonds. The molecule has 0 spiro atoms. The predicted octanol–water partition coefficient (Wildman–Crippen LogP) is 1.85. The molecular formula is C9H8F2O2. The molecule has 0 saturated carbocycles. The molecule has 0 N–H and O–H groups in total. The topological polar surface area (TPSA) is 26.3 Å². The Kier molecular flexibility index (Phi) is 3.08. The van der Waals surface area contributed by atoms with Gasteiger partial charge in [-0.1, -0.05) is 6.07 Å². The number of hydrogen-bond acceptors (Lipinski definition) is 2. The first kappa shape index (κ1) is 9.80. The third-order valence-corrected chi connectivity index (χ3v) is 1.66. The molecule has 1 atom stereocenters. The second kappa shape index (κ2) is 4.09. The Labute approximate surface area is 74.1 Å². The first-order valence-corrected chi connectivity index (χ1v) is 3.62. The van der Waals surface area contributed by atoms with Gasteiger partial charge >= 0.3 is 0 Å². The Hall–Kier alpha value is -1.29. The van der Waals surface area contributed by atoms with Gasteiger partial charge in [0.05, 0.1) is 5.56 Å². The van der Waals surface area contributed by atoms with Crippen LogP contribution in [0, 0.1) is 11.6 Å². The summed E-state index contributed by atoms with van der Waals surface area (Å²) in [5.74, 6) is -1.56. The van der Waals surface area contributed by atoms with Crippen molar-refractivity contribution in [3.63, 3.8) is 0 Å². The minimum Gasteiger partial charge on any atom is -0.369 e. The highest BCUT2D eigenvalue weighted by atomic mass is 19.1. The van der Waals surface area contributed by atoms with Gasteiger partial charge in [0.2, 0.25) is 0 Å². The molecule has 4 heteroatoms. The summed E-state index contributed by atoms with van der Waals surface area (Å²) in [4.78, 5) is 10.4. The van der Waals surface area contributed by atoms with Crippen LogP contribution in [0.4, 0.5) is 8.78 Å². The van der Waals surface area contributed by atoms with Crippen molar-refractivity contribution in [1.82, 2.24) is 0 Å². The van der Waals surface area contributed by atoms with Gasteiger partial charge in [0.1, 0.15) is 17.7 Å². The van der Waals surface area contributed by atoms with E-state index in [1.165, 1.54) is 13.2 Å². The lowest BCUT2D eigenvalue weighted by atomic mass is 10.1. The van der Waals surface area contributed by atoms with Crippen LogP contribution in [0.15, 0.2) is 18.2 Å². The van der Waals surface area contributed by atoms with Crippen molar-refractivity contribution in [3.8, 4) is 0 Å². The maximum absolute atomic E-state index is 13.0. The maximum Gasteiger partial charge on any atom is 0.153 e. The number of ether oxygens (including phenoxy) is 1. The van der Waals surface area contributed by atoms with Crippen LogP contribution in [-0.2, 0) is 9.53 Å². The van der Waals surface area contributed by atoms with E-state index in [0.29, 0.717) is 6.29 Å². The first-order valence-electron chi connectivity index (χ1n) is 3.62. The summed E-state index contributed by atoms with van der Waals surface area (Å²) < 4.78 is 30.6. The fourth-order valence-electron chi connectivity index (χ4n) is 1.02. The van der Waals surface area contributed by atoms with Gasteiger partial charge in [-0.2, -0.15) is 0 Å². The van der Waals surface area contributed by atoms with E-state index in [-0.39, 0.29) is 5.56 Å². The molecule has 0 saturated heterocycles. The highest BCUT2D eigenvalue weighted by Gasteiger charge is 2.18. The SMILES string of the molecule is CO[C@@H](C=O)c1c(F)cccc1F. The molecule has 0 aliphatic heterocycles. The van der Waals surface area contributed by atoms with E-state index in [1.54, 1.807) is 0 Å². The second-order valence-corrected chi connectivity index (χ2v) is 2.43. The number of aldehydes is 1. The first-order chi connectivity index (χ1) is 6.20. The predicted molar refractivity (Wildman–Crippen MR) is 42.2 cm³/mol. The molecule has 0 fully saturated rings. The van der Waals surface area contributed by atoms with Gasteiger partial charge in [-0.3, -0.25) is 0 Å².